The maximum absolute atomic E-state index is 11.1. The second-order valence-corrected chi connectivity index (χ2v) is 5.37. The Hall–Kier alpha value is -2.95. The predicted molar refractivity (Wildman–Crippen MR) is 93.2 cm³/mol. The molecule has 0 aliphatic heterocycles. The van der Waals surface area contributed by atoms with Crippen LogP contribution in [0.3, 0.4) is 0 Å². The van der Waals surface area contributed by atoms with Gasteiger partial charge in [0.2, 0.25) is 0 Å². The van der Waals surface area contributed by atoms with Crippen molar-refractivity contribution in [3.8, 4) is 28.5 Å². The van der Waals surface area contributed by atoms with E-state index in [2.05, 4.69) is 4.98 Å². The van der Waals surface area contributed by atoms with E-state index in [-0.39, 0.29) is 6.42 Å². The number of aldehydes is 1. The van der Waals surface area contributed by atoms with Crippen LogP contribution in [0.15, 0.2) is 36.4 Å². The molecule has 3 aromatic rings. The minimum Gasteiger partial charge on any atom is -0.497 e. The van der Waals surface area contributed by atoms with Gasteiger partial charge in [0.05, 0.1) is 27.0 Å². The van der Waals surface area contributed by atoms with E-state index in [9.17, 15) is 4.79 Å². The summed E-state index contributed by atoms with van der Waals surface area (Å²) < 4.78 is 16.1. The summed E-state index contributed by atoms with van der Waals surface area (Å²) in [4.78, 5) is 14.5. The van der Waals surface area contributed by atoms with Crippen LogP contribution >= 0.6 is 0 Å². The molecule has 0 bridgehead atoms. The smallest absolute Gasteiger partial charge is 0.132 e. The molecule has 0 unspecified atom stereocenters. The second kappa shape index (κ2) is 6.66. The Morgan fingerprint density at radius 3 is 2.42 bits per heavy atom. The number of rotatable bonds is 6. The quantitative estimate of drug-likeness (QED) is 0.704. The van der Waals surface area contributed by atoms with Crippen LogP contribution in [0.1, 0.15) is 5.56 Å². The van der Waals surface area contributed by atoms with E-state index in [0.29, 0.717) is 11.5 Å². The molecule has 0 amide bonds. The third-order valence-corrected chi connectivity index (χ3v) is 4.01. The van der Waals surface area contributed by atoms with E-state index in [1.165, 1.54) is 0 Å². The number of nitrogens with one attached hydrogen (secondary N) is 1. The molecule has 0 aliphatic carbocycles. The van der Waals surface area contributed by atoms with Crippen molar-refractivity contribution in [2.75, 3.05) is 21.3 Å². The van der Waals surface area contributed by atoms with Crippen LogP contribution in [0.2, 0.25) is 0 Å². The van der Waals surface area contributed by atoms with Gasteiger partial charge in [-0.1, -0.05) is 0 Å². The molecule has 0 aliphatic rings. The van der Waals surface area contributed by atoms with Gasteiger partial charge in [0.15, 0.2) is 0 Å². The molecule has 0 atom stereocenters. The number of fused-ring (bicyclic) bond motifs is 1. The van der Waals surface area contributed by atoms with Crippen molar-refractivity contribution in [3.63, 3.8) is 0 Å². The lowest BCUT2D eigenvalue weighted by atomic mass is 10.0. The van der Waals surface area contributed by atoms with Crippen LogP contribution in [0.25, 0.3) is 22.2 Å². The molecule has 124 valence electrons. The average Bonchev–Trinajstić information content (AvgIpc) is 3.03. The molecule has 1 N–H and O–H groups in total. The van der Waals surface area contributed by atoms with Crippen molar-refractivity contribution in [2.45, 2.75) is 6.42 Å². The van der Waals surface area contributed by atoms with Gasteiger partial charge in [-0.25, -0.2) is 0 Å². The van der Waals surface area contributed by atoms with Gasteiger partial charge in [0.1, 0.15) is 23.5 Å². The third kappa shape index (κ3) is 2.80. The number of benzene rings is 2. The van der Waals surface area contributed by atoms with Crippen molar-refractivity contribution in [1.82, 2.24) is 4.98 Å². The largest absolute Gasteiger partial charge is 0.497 e. The molecule has 5 heteroatoms. The number of hydrogen-bond acceptors (Lipinski definition) is 4. The zero-order valence-electron chi connectivity index (χ0n) is 13.9. The molecule has 1 aromatic heterocycles. The SMILES string of the molecule is COc1cc(CC=O)c(-c2cc3cc(OC)ccc3[nH]2)c(OC)c1. The van der Waals surface area contributed by atoms with Gasteiger partial charge in [0.25, 0.3) is 0 Å². The molecule has 5 nitrogen and oxygen atoms in total. The van der Waals surface area contributed by atoms with E-state index in [0.717, 1.165) is 39.8 Å². The van der Waals surface area contributed by atoms with Gasteiger partial charge in [-0.15, -0.1) is 0 Å². The van der Waals surface area contributed by atoms with E-state index in [1.54, 1.807) is 21.3 Å². The summed E-state index contributed by atoms with van der Waals surface area (Å²) in [7, 11) is 4.84. The van der Waals surface area contributed by atoms with Crippen molar-refractivity contribution in [3.05, 3.63) is 42.0 Å². The predicted octanol–water partition coefficient (Wildman–Crippen LogP) is 3.60. The molecule has 2 aromatic carbocycles. The number of methoxy groups -OCH3 is 3. The lowest BCUT2D eigenvalue weighted by molar-refractivity contribution is -0.107. The molecule has 0 radical (unpaired) electrons. The van der Waals surface area contributed by atoms with Gasteiger partial charge < -0.3 is 24.0 Å². The summed E-state index contributed by atoms with van der Waals surface area (Å²) in [5.41, 5.74) is 3.58. The maximum atomic E-state index is 11.1. The van der Waals surface area contributed by atoms with Gasteiger partial charge in [-0.2, -0.15) is 0 Å². The van der Waals surface area contributed by atoms with Gasteiger partial charge in [0, 0.05) is 29.0 Å². The standard InChI is InChI=1S/C19H19NO4/c1-22-14-4-5-16-13(9-14)10-17(20-16)19-12(6-7-21)8-15(23-2)11-18(19)24-3/h4-5,7-11,20H,6H2,1-3H3. The number of carbonyl (C=O) groups is 1. The van der Waals surface area contributed by atoms with Crippen molar-refractivity contribution >= 4 is 17.2 Å². The Morgan fingerprint density at radius 1 is 0.958 bits per heavy atom. The number of carbonyl (C=O) groups excluding carboxylic acids is 1. The summed E-state index contributed by atoms with van der Waals surface area (Å²) in [6.07, 6.45) is 1.16. The Kier molecular flexibility index (Phi) is 4.42. The van der Waals surface area contributed by atoms with Gasteiger partial charge in [-0.05, 0) is 35.9 Å². The van der Waals surface area contributed by atoms with Crippen LogP contribution in [0.4, 0.5) is 0 Å². The molecular formula is C19H19NO4. The minimum absolute atomic E-state index is 0.279. The molecule has 0 saturated carbocycles. The molecular weight excluding hydrogens is 306 g/mol. The highest BCUT2D eigenvalue weighted by Crippen LogP contribution is 2.38. The fourth-order valence-electron chi connectivity index (χ4n) is 2.85. The number of H-pyrrole nitrogens is 1. The van der Waals surface area contributed by atoms with Crippen LogP contribution in [-0.4, -0.2) is 32.6 Å². The highest BCUT2D eigenvalue weighted by molar-refractivity contribution is 5.89. The van der Waals surface area contributed by atoms with Crippen LogP contribution < -0.4 is 14.2 Å². The first kappa shape index (κ1) is 15.9. The molecule has 0 fully saturated rings. The highest BCUT2D eigenvalue weighted by Gasteiger charge is 2.16. The summed E-state index contributed by atoms with van der Waals surface area (Å²) >= 11 is 0. The Morgan fingerprint density at radius 2 is 1.75 bits per heavy atom. The first-order valence-corrected chi connectivity index (χ1v) is 7.55. The van der Waals surface area contributed by atoms with Crippen molar-refractivity contribution < 1.29 is 19.0 Å². The summed E-state index contributed by atoms with van der Waals surface area (Å²) in [5.74, 6) is 2.11. The molecule has 1 heterocycles. The fourth-order valence-corrected chi connectivity index (χ4v) is 2.85. The number of aromatic nitrogens is 1. The Balaban J connectivity index is 2.21. The molecule has 3 rings (SSSR count). The van der Waals surface area contributed by atoms with E-state index < -0.39 is 0 Å². The minimum atomic E-state index is 0.279. The molecule has 24 heavy (non-hydrogen) atoms. The summed E-state index contributed by atoms with van der Waals surface area (Å²) in [5, 5.41) is 1.03. The summed E-state index contributed by atoms with van der Waals surface area (Å²) in [6.45, 7) is 0. The normalized spacial score (nSPS) is 10.6. The fraction of sp³-hybridized carbons (Fsp3) is 0.211. The van der Waals surface area contributed by atoms with Crippen molar-refractivity contribution in [1.29, 1.82) is 0 Å². The van der Waals surface area contributed by atoms with Crippen LogP contribution in [0.5, 0.6) is 17.2 Å². The Labute approximate surface area is 140 Å². The third-order valence-electron chi connectivity index (χ3n) is 4.01. The average molecular weight is 325 g/mol. The maximum Gasteiger partial charge on any atom is 0.132 e. The lowest BCUT2D eigenvalue weighted by Gasteiger charge is -2.14. The lowest BCUT2D eigenvalue weighted by Crippen LogP contribution is -1.98. The zero-order chi connectivity index (χ0) is 17.1. The number of aromatic amines is 1. The number of hydrogen-bond donors (Lipinski definition) is 1. The number of ether oxygens (including phenoxy) is 3. The van der Waals surface area contributed by atoms with Gasteiger partial charge >= 0.3 is 0 Å². The van der Waals surface area contributed by atoms with E-state index in [4.69, 9.17) is 14.2 Å². The van der Waals surface area contributed by atoms with Crippen LogP contribution in [-0.2, 0) is 11.2 Å². The first-order valence-electron chi connectivity index (χ1n) is 7.55. The van der Waals surface area contributed by atoms with Gasteiger partial charge in [-0.3, -0.25) is 0 Å². The monoisotopic (exact) mass is 325 g/mol. The second-order valence-electron chi connectivity index (χ2n) is 5.37. The topological polar surface area (TPSA) is 60.5 Å². The van der Waals surface area contributed by atoms with Crippen molar-refractivity contribution in [2.24, 2.45) is 0 Å². The zero-order valence-corrected chi connectivity index (χ0v) is 13.9. The van der Waals surface area contributed by atoms with E-state index >= 15 is 0 Å². The molecule has 0 saturated heterocycles. The highest BCUT2D eigenvalue weighted by atomic mass is 16.5. The molecule has 0 spiro atoms. The summed E-state index contributed by atoms with van der Waals surface area (Å²) in [6, 6.07) is 11.5. The Bertz CT molecular complexity index is 882. The first-order chi connectivity index (χ1) is 11.7. The van der Waals surface area contributed by atoms with Crippen LogP contribution in [0, 0.1) is 0 Å². The van der Waals surface area contributed by atoms with E-state index in [1.807, 2.05) is 36.4 Å².